The predicted molar refractivity (Wildman–Crippen MR) is 96.2 cm³/mol. The highest BCUT2D eigenvalue weighted by molar-refractivity contribution is 6.30. The molecule has 0 aliphatic carbocycles. The highest BCUT2D eigenvalue weighted by Gasteiger charge is 2.04. The number of rotatable bonds is 7. The number of methoxy groups -OCH3 is 1. The number of benzene rings is 2. The largest absolute Gasteiger partial charge is 0.469 e. The van der Waals surface area contributed by atoms with Gasteiger partial charge in [0.25, 0.3) is 0 Å². The number of carbonyl (C=O) groups excluding carboxylic acids is 2. The Bertz CT molecular complexity index is 716. The van der Waals surface area contributed by atoms with Crippen LogP contribution in [-0.4, -0.2) is 18.9 Å². The molecule has 0 aromatic heterocycles. The molecule has 0 N–H and O–H groups in total. The highest BCUT2D eigenvalue weighted by atomic mass is 35.5. The number of hydrogen-bond acceptors (Lipinski definition) is 3. The van der Waals surface area contributed by atoms with E-state index in [9.17, 15) is 9.59 Å². The van der Waals surface area contributed by atoms with Crippen LogP contribution < -0.4 is 0 Å². The molecule has 0 amide bonds. The van der Waals surface area contributed by atoms with Crippen molar-refractivity contribution >= 4 is 29.4 Å². The van der Waals surface area contributed by atoms with Crippen molar-refractivity contribution in [1.82, 2.24) is 0 Å². The van der Waals surface area contributed by atoms with Crippen LogP contribution in [0.2, 0.25) is 5.02 Å². The van der Waals surface area contributed by atoms with Gasteiger partial charge in [-0.15, -0.1) is 0 Å². The first-order valence-corrected chi connectivity index (χ1v) is 8.10. The molecule has 0 radical (unpaired) electrons. The summed E-state index contributed by atoms with van der Waals surface area (Å²) < 4.78 is 4.61. The lowest BCUT2D eigenvalue weighted by molar-refractivity contribution is -0.140. The van der Waals surface area contributed by atoms with E-state index in [4.69, 9.17) is 11.6 Å². The third-order valence-corrected chi connectivity index (χ3v) is 3.86. The molecule has 2 aromatic rings. The van der Waals surface area contributed by atoms with Gasteiger partial charge in [0.1, 0.15) is 0 Å². The van der Waals surface area contributed by atoms with Crippen molar-refractivity contribution in [2.75, 3.05) is 7.11 Å². The molecule has 0 saturated carbocycles. The van der Waals surface area contributed by atoms with Crippen molar-refractivity contribution in [1.29, 1.82) is 0 Å². The number of ether oxygens (including phenoxy) is 1. The van der Waals surface area contributed by atoms with E-state index >= 15 is 0 Å². The van der Waals surface area contributed by atoms with E-state index in [-0.39, 0.29) is 11.8 Å². The molecule has 0 saturated heterocycles. The maximum Gasteiger partial charge on any atom is 0.305 e. The summed E-state index contributed by atoms with van der Waals surface area (Å²) in [5.41, 5.74) is 2.65. The Kier molecular flexibility index (Phi) is 6.76. The molecule has 0 heterocycles. The number of ketones is 1. The molecule has 0 atom stereocenters. The molecule has 0 fully saturated rings. The number of halogens is 1. The van der Waals surface area contributed by atoms with Crippen molar-refractivity contribution in [2.24, 2.45) is 0 Å². The smallest absolute Gasteiger partial charge is 0.305 e. The van der Waals surface area contributed by atoms with Gasteiger partial charge in [0.2, 0.25) is 0 Å². The van der Waals surface area contributed by atoms with Crippen LogP contribution in [0.4, 0.5) is 0 Å². The molecule has 0 aliphatic heterocycles. The van der Waals surface area contributed by atoms with Crippen LogP contribution in [0.1, 0.15) is 34.3 Å². The summed E-state index contributed by atoms with van der Waals surface area (Å²) in [6, 6.07) is 14.7. The molecule has 24 heavy (non-hydrogen) atoms. The number of hydrogen-bond donors (Lipinski definition) is 0. The minimum absolute atomic E-state index is 0.0499. The van der Waals surface area contributed by atoms with Gasteiger partial charge in [-0.1, -0.05) is 54.1 Å². The zero-order valence-electron chi connectivity index (χ0n) is 13.5. The fourth-order valence-corrected chi connectivity index (χ4v) is 2.34. The quantitative estimate of drug-likeness (QED) is 0.415. The van der Waals surface area contributed by atoms with E-state index in [2.05, 4.69) is 4.74 Å². The molecular weight excluding hydrogens is 324 g/mol. The highest BCUT2D eigenvalue weighted by Crippen LogP contribution is 2.12. The second-order valence-electron chi connectivity index (χ2n) is 5.38. The summed E-state index contributed by atoms with van der Waals surface area (Å²) in [6.07, 6.45) is 5.24. The Morgan fingerprint density at radius 1 is 1.04 bits per heavy atom. The SMILES string of the molecule is COC(=O)CCCc1ccc(C(=O)/C=C/c2ccc(Cl)cc2)cc1. The molecule has 4 heteroatoms. The van der Waals surface area contributed by atoms with Gasteiger partial charge in [-0.25, -0.2) is 0 Å². The standard InChI is InChI=1S/C20H19ClO3/c1-24-20(23)4-2-3-15-5-10-17(11-6-15)19(22)14-9-16-7-12-18(21)13-8-16/h5-14H,2-4H2,1H3/b14-9+. The fraction of sp³-hybridized carbons (Fsp3) is 0.200. The van der Waals surface area contributed by atoms with Gasteiger partial charge in [-0.2, -0.15) is 0 Å². The van der Waals surface area contributed by atoms with Crippen molar-refractivity contribution in [3.05, 3.63) is 76.3 Å². The van der Waals surface area contributed by atoms with Crippen LogP contribution in [0.15, 0.2) is 54.6 Å². The topological polar surface area (TPSA) is 43.4 Å². The molecule has 0 aliphatic rings. The van der Waals surface area contributed by atoms with Crippen molar-refractivity contribution < 1.29 is 14.3 Å². The van der Waals surface area contributed by atoms with E-state index in [0.29, 0.717) is 17.0 Å². The zero-order valence-corrected chi connectivity index (χ0v) is 14.3. The van der Waals surface area contributed by atoms with Gasteiger partial charge >= 0.3 is 5.97 Å². The van der Waals surface area contributed by atoms with Crippen LogP contribution in [-0.2, 0) is 16.0 Å². The predicted octanol–water partition coefficient (Wildman–Crippen LogP) is 4.73. The zero-order chi connectivity index (χ0) is 17.4. The van der Waals surface area contributed by atoms with Gasteiger partial charge in [0, 0.05) is 17.0 Å². The first-order chi connectivity index (χ1) is 11.6. The van der Waals surface area contributed by atoms with Crippen LogP contribution in [0.5, 0.6) is 0 Å². The number of allylic oxidation sites excluding steroid dienone is 1. The lowest BCUT2D eigenvalue weighted by Crippen LogP contribution is -2.00. The molecular formula is C20H19ClO3. The Labute approximate surface area is 146 Å². The molecule has 3 nitrogen and oxygen atoms in total. The van der Waals surface area contributed by atoms with E-state index in [1.807, 2.05) is 36.4 Å². The summed E-state index contributed by atoms with van der Waals surface area (Å²) in [6.45, 7) is 0. The summed E-state index contributed by atoms with van der Waals surface area (Å²) in [7, 11) is 1.39. The van der Waals surface area contributed by atoms with Gasteiger partial charge in [-0.3, -0.25) is 9.59 Å². The monoisotopic (exact) mass is 342 g/mol. The molecule has 2 aromatic carbocycles. The lowest BCUT2D eigenvalue weighted by Gasteiger charge is -2.02. The second-order valence-corrected chi connectivity index (χ2v) is 5.81. The van der Waals surface area contributed by atoms with Gasteiger partial charge in [-0.05, 0) is 42.2 Å². The second kappa shape index (κ2) is 9.04. The number of aryl methyl sites for hydroxylation is 1. The first-order valence-electron chi connectivity index (χ1n) is 7.72. The summed E-state index contributed by atoms with van der Waals surface area (Å²) >= 11 is 5.83. The van der Waals surface area contributed by atoms with Crippen LogP contribution in [0.25, 0.3) is 6.08 Å². The van der Waals surface area contributed by atoms with E-state index in [1.54, 1.807) is 24.3 Å². The van der Waals surface area contributed by atoms with Crippen molar-refractivity contribution in [3.63, 3.8) is 0 Å². The van der Waals surface area contributed by atoms with Gasteiger partial charge in [0.15, 0.2) is 5.78 Å². The van der Waals surface area contributed by atoms with Crippen molar-refractivity contribution in [2.45, 2.75) is 19.3 Å². The number of esters is 1. The third-order valence-electron chi connectivity index (χ3n) is 3.61. The van der Waals surface area contributed by atoms with E-state index < -0.39 is 0 Å². The maximum atomic E-state index is 12.2. The molecule has 0 spiro atoms. The summed E-state index contributed by atoms with van der Waals surface area (Å²) in [4.78, 5) is 23.2. The Balaban J connectivity index is 1.91. The Morgan fingerprint density at radius 2 is 1.71 bits per heavy atom. The fourth-order valence-electron chi connectivity index (χ4n) is 2.22. The van der Waals surface area contributed by atoms with Crippen molar-refractivity contribution in [3.8, 4) is 0 Å². The molecule has 0 unspecified atom stereocenters. The summed E-state index contributed by atoms with van der Waals surface area (Å²) in [5.74, 6) is -0.250. The minimum atomic E-state index is -0.200. The normalized spacial score (nSPS) is 10.8. The van der Waals surface area contributed by atoms with Gasteiger partial charge in [0.05, 0.1) is 7.11 Å². The molecule has 0 bridgehead atoms. The Hall–Kier alpha value is -2.39. The summed E-state index contributed by atoms with van der Waals surface area (Å²) in [5, 5.41) is 0.668. The third kappa shape index (κ3) is 5.67. The van der Waals surface area contributed by atoms with E-state index in [1.165, 1.54) is 7.11 Å². The molecule has 2 rings (SSSR count). The maximum absolute atomic E-state index is 12.2. The average Bonchev–Trinajstić information content (AvgIpc) is 2.61. The van der Waals surface area contributed by atoms with Crippen LogP contribution in [0.3, 0.4) is 0 Å². The lowest BCUT2D eigenvalue weighted by atomic mass is 10.0. The molecule has 124 valence electrons. The average molecular weight is 343 g/mol. The Morgan fingerprint density at radius 3 is 2.33 bits per heavy atom. The van der Waals surface area contributed by atoms with Crippen LogP contribution >= 0.6 is 11.6 Å². The minimum Gasteiger partial charge on any atom is -0.469 e. The van der Waals surface area contributed by atoms with E-state index in [0.717, 1.165) is 24.0 Å². The van der Waals surface area contributed by atoms with Crippen LogP contribution in [0, 0.1) is 0 Å². The first kappa shape index (κ1) is 18.0. The number of carbonyl (C=O) groups is 2. The van der Waals surface area contributed by atoms with Gasteiger partial charge < -0.3 is 4.74 Å².